The molecule has 0 saturated heterocycles. The first-order valence-corrected chi connectivity index (χ1v) is 12.3. The van der Waals surface area contributed by atoms with Gasteiger partial charge < -0.3 is 4.57 Å². The third-order valence-corrected chi connectivity index (χ3v) is 7.07. The zero-order valence-corrected chi connectivity index (χ0v) is 20.0. The molecule has 4 rings (SSSR count). The van der Waals surface area contributed by atoms with Gasteiger partial charge in [0.2, 0.25) is 5.91 Å². The van der Waals surface area contributed by atoms with E-state index < -0.39 is 0 Å². The van der Waals surface area contributed by atoms with Crippen molar-refractivity contribution in [3.05, 3.63) is 82.6 Å². The first-order valence-electron chi connectivity index (χ1n) is 10.4. The second-order valence-corrected chi connectivity index (χ2v) is 9.15. The van der Waals surface area contributed by atoms with E-state index in [1.54, 1.807) is 23.6 Å². The summed E-state index contributed by atoms with van der Waals surface area (Å²) in [4.78, 5) is 18.9. The molecule has 164 valence electrons. The number of carbonyl (C=O) groups excluding carboxylic acids is 1. The van der Waals surface area contributed by atoms with Crippen LogP contribution >= 0.6 is 23.1 Å². The highest BCUT2D eigenvalue weighted by Gasteiger charge is 2.20. The Morgan fingerprint density at radius 2 is 1.84 bits per heavy atom. The van der Waals surface area contributed by atoms with Crippen LogP contribution in [0.1, 0.15) is 36.5 Å². The van der Waals surface area contributed by atoms with E-state index in [9.17, 15) is 4.79 Å². The lowest BCUT2D eigenvalue weighted by atomic mass is 10.1. The van der Waals surface area contributed by atoms with E-state index >= 15 is 0 Å². The Morgan fingerprint density at radius 1 is 1.09 bits per heavy atom. The van der Waals surface area contributed by atoms with Crippen molar-refractivity contribution in [1.29, 1.82) is 0 Å². The number of hydrogen-bond acceptors (Lipinski definition) is 6. The standard InChI is InChI=1S/C24H25N5OS2/c1-4-19-12-8-9-13-21(19)29(17(2)30)23-25-20(15-31-23)16-32-24-27-26-22(28(24)3)14-18-10-6-5-7-11-18/h5-13,15H,4,14,16H2,1-3H3. The van der Waals surface area contributed by atoms with Gasteiger partial charge in [0.1, 0.15) is 5.82 Å². The Labute approximate surface area is 196 Å². The number of carbonyl (C=O) groups is 1. The fraction of sp³-hybridized carbons (Fsp3) is 0.250. The number of aromatic nitrogens is 4. The molecule has 0 fully saturated rings. The fourth-order valence-electron chi connectivity index (χ4n) is 3.44. The van der Waals surface area contributed by atoms with Crippen LogP contribution < -0.4 is 4.90 Å². The minimum Gasteiger partial charge on any atom is -0.309 e. The van der Waals surface area contributed by atoms with E-state index in [0.717, 1.165) is 40.8 Å². The van der Waals surface area contributed by atoms with Gasteiger partial charge in [-0.2, -0.15) is 0 Å². The lowest BCUT2D eigenvalue weighted by Crippen LogP contribution is -2.23. The molecule has 0 bridgehead atoms. The summed E-state index contributed by atoms with van der Waals surface area (Å²) in [7, 11) is 1.99. The Bertz CT molecular complexity index is 1200. The minimum absolute atomic E-state index is 0.0432. The molecular formula is C24H25N5OS2. The van der Waals surface area contributed by atoms with Crippen LogP contribution in [0.25, 0.3) is 0 Å². The Balaban J connectivity index is 1.47. The van der Waals surface area contributed by atoms with Gasteiger partial charge in [-0.25, -0.2) is 4.98 Å². The average Bonchev–Trinajstić information content (AvgIpc) is 3.40. The van der Waals surface area contributed by atoms with E-state index in [-0.39, 0.29) is 5.91 Å². The number of aryl methyl sites for hydroxylation is 1. The fourth-order valence-corrected chi connectivity index (χ4v) is 5.25. The van der Waals surface area contributed by atoms with Crippen LogP contribution in [0, 0.1) is 0 Å². The second-order valence-electron chi connectivity index (χ2n) is 7.37. The predicted octanol–water partition coefficient (Wildman–Crippen LogP) is 5.40. The molecule has 1 amide bonds. The maximum atomic E-state index is 12.5. The highest BCUT2D eigenvalue weighted by Crippen LogP contribution is 2.33. The summed E-state index contributed by atoms with van der Waals surface area (Å²) in [6.45, 7) is 3.67. The van der Waals surface area contributed by atoms with Crippen LogP contribution in [-0.2, 0) is 30.4 Å². The summed E-state index contributed by atoms with van der Waals surface area (Å²) in [5.41, 5.74) is 4.15. The van der Waals surface area contributed by atoms with Crippen molar-refractivity contribution in [3.8, 4) is 0 Å². The molecule has 8 heteroatoms. The molecule has 0 N–H and O–H groups in total. The van der Waals surface area contributed by atoms with Gasteiger partial charge in [-0.1, -0.05) is 67.2 Å². The molecule has 2 aromatic carbocycles. The van der Waals surface area contributed by atoms with Gasteiger partial charge in [-0.05, 0) is 23.6 Å². The first kappa shape index (κ1) is 22.2. The second kappa shape index (κ2) is 10.1. The van der Waals surface area contributed by atoms with E-state index in [1.165, 1.54) is 16.9 Å². The van der Waals surface area contributed by atoms with Crippen molar-refractivity contribution in [2.45, 2.75) is 37.6 Å². The third-order valence-electron chi connectivity index (χ3n) is 5.14. The van der Waals surface area contributed by atoms with Crippen molar-refractivity contribution in [2.75, 3.05) is 4.90 Å². The van der Waals surface area contributed by atoms with Crippen molar-refractivity contribution in [2.24, 2.45) is 7.05 Å². The number of thioether (sulfide) groups is 1. The summed E-state index contributed by atoms with van der Waals surface area (Å²) in [6, 6.07) is 18.2. The van der Waals surface area contributed by atoms with Crippen LogP contribution in [0.5, 0.6) is 0 Å². The number of nitrogens with zero attached hydrogens (tertiary/aromatic N) is 5. The largest absolute Gasteiger partial charge is 0.309 e. The number of thiazole rings is 1. The smallest absolute Gasteiger partial charge is 0.230 e. The first-order chi connectivity index (χ1) is 15.6. The van der Waals surface area contributed by atoms with Crippen molar-refractivity contribution < 1.29 is 4.79 Å². The summed E-state index contributed by atoms with van der Waals surface area (Å²) in [5.74, 6) is 1.55. The van der Waals surface area contributed by atoms with Gasteiger partial charge in [0.25, 0.3) is 0 Å². The van der Waals surface area contributed by atoms with Crippen molar-refractivity contribution in [1.82, 2.24) is 19.7 Å². The number of hydrogen-bond donors (Lipinski definition) is 0. The molecule has 0 saturated carbocycles. The predicted molar refractivity (Wildman–Crippen MR) is 131 cm³/mol. The Hall–Kier alpha value is -2.97. The van der Waals surface area contributed by atoms with Gasteiger partial charge in [0.05, 0.1) is 11.4 Å². The quantitative estimate of drug-likeness (QED) is 0.327. The number of amides is 1. The van der Waals surface area contributed by atoms with Gasteiger partial charge >= 0.3 is 0 Å². The van der Waals surface area contributed by atoms with Crippen LogP contribution in [0.2, 0.25) is 0 Å². The lowest BCUT2D eigenvalue weighted by Gasteiger charge is -2.20. The van der Waals surface area contributed by atoms with Gasteiger partial charge in [-0.3, -0.25) is 9.69 Å². The van der Waals surface area contributed by atoms with Crippen LogP contribution in [0.3, 0.4) is 0 Å². The maximum absolute atomic E-state index is 12.5. The molecule has 6 nitrogen and oxygen atoms in total. The monoisotopic (exact) mass is 463 g/mol. The van der Waals surface area contributed by atoms with E-state index in [2.05, 4.69) is 35.3 Å². The normalized spacial score (nSPS) is 11.0. The van der Waals surface area contributed by atoms with Gasteiger partial charge in [-0.15, -0.1) is 21.5 Å². The molecule has 0 spiro atoms. The minimum atomic E-state index is -0.0432. The zero-order chi connectivity index (χ0) is 22.5. The molecule has 4 aromatic rings. The molecule has 2 heterocycles. The van der Waals surface area contributed by atoms with Crippen LogP contribution in [0.4, 0.5) is 10.8 Å². The summed E-state index contributed by atoms with van der Waals surface area (Å²) in [6.07, 6.45) is 1.60. The summed E-state index contributed by atoms with van der Waals surface area (Å²) >= 11 is 3.08. The molecule has 0 aliphatic heterocycles. The van der Waals surface area contributed by atoms with Crippen molar-refractivity contribution in [3.63, 3.8) is 0 Å². The maximum Gasteiger partial charge on any atom is 0.230 e. The molecule has 0 aliphatic rings. The van der Waals surface area contributed by atoms with E-state index in [4.69, 9.17) is 4.98 Å². The third kappa shape index (κ3) is 4.92. The molecule has 0 unspecified atom stereocenters. The van der Waals surface area contributed by atoms with Gasteiger partial charge in [0.15, 0.2) is 10.3 Å². The summed E-state index contributed by atoms with van der Waals surface area (Å²) in [5, 5.41) is 12.3. The van der Waals surface area contributed by atoms with Crippen LogP contribution in [0.15, 0.2) is 65.1 Å². The molecular weight excluding hydrogens is 438 g/mol. The molecule has 0 radical (unpaired) electrons. The molecule has 32 heavy (non-hydrogen) atoms. The number of rotatable bonds is 8. The van der Waals surface area contributed by atoms with E-state index in [1.807, 2.05) is 53.4 Å². The average molecular weight is 464 g/mol. The Morgan fingerprint density at radius 3 is 2.59 bits per heavy atom. The lowest BCUT2D eigenvalue weighted by molar-refractivity contribution is -0.115. The summed E-state index contributed by atoms with van der Waals surface area (Å²) < 4.78 is 2.03. The van der Waals surface area contributed by atoms with Crippen LogP contribution in [-0.4, -0.2) is 25.7 Å². The topological polar surface area (TPSA) is 63.9 Å². The molecule has 2 aromatic heterocycles. The highest BCUT2D eigenvalue weighted by molar-refractivity contribution is 7.98. The van der Waals surface area contributed by atoms with Crippen molar-refractivity contribution >= 4 is 39.8 Å². The molecule has 0 aliphatic carbocycles. The van der Waals surface area contributed by atoms with E-state index in [0.29, 0.717) is 10.9 Å². The highest BCUT2D eigenvalue weighted by atomic mass is 32.2. The zero-order valence-electron chi connectivity index (χ0n) is 18.4. The SMILES string of the molecule is CCc1ccccc1N(C(C)=O)c1nc(CSc2nnc(Cc3ccccc3)n2C)cs1. The van der Waals surface area contributed by atoms with Gasteiger partial charge in [0, 0.05) is 31.5 Å². The number of anilines is 2. The number of benzene rings is 2. The number of para-hydroxylation sites is 1. The molecule has 0 atom stereocenters. The Kier molecular flexibility index (Phi) is 7.02.